The van der Waals surface area contributed by atoms with Crippen LogP contribution in [-0.4, -0.2) is 32.6 Å². The minimum atomic E-state index is -4.77. The van der Waals surface area contributed by atoms with Gasteiger partial charge in [0.25, 0.3) is 0 Å². The summed E-state index contributed by atoms with van der Waals surface area (Å²) in [6.07, 6.45) is -4.38. The van der Waals surface area contributed by atoms with Crippen LogP contribution in [-0.2, 0) is 21.0 Å². The molecule has 1 aromatic carbocycles. The van der Waals surface area contributed by atoms with Gasteiger partial charge in [-0.05, 0) is 18.6 Å². The smallest absolute Gasteiger partial charge is 0.416 e. The zero-order chi connectivity index (χ0) is 17.8. The highest BCUT2D eigenvalue weighted by atomic mass is 32.2. The fraction of sp³-hybridized carbons (Fsp3) is 0.462. The maximum Gasteiger partial charge on any atom is 0.416 e. The maximum absolute atomic E-state index is 12.8. The summed E-state index contributed by atoms with van der Waals surface area (Å²) >= 11 is 0. The Kier molecular flexibility index (Phi) is 6.00. The van der Waals surface area contributed by atoms with Gasteiger partial charge in [0.2, 0.25) is 10.0 Å². The second kappa shape index (κ2) is 7.18. The summed E-state index contributed by atoms with van der Waals surface area (Å²) in [4.78, 5) is 10.3. The number of carbonyl (C=O) groups is 1. The van der Waals surface area contributed by atoms with Crippen molar-refractivity contribution >= 4 is 16.0 Å². The molecule has 0 bridgehead atoms. The number of hydrogen-bond acceptors (Lipinski definition) is 4. The molecule has 0 heterocycles. The number of hydrogen-bond donors (Lipinski definition) is 2. The lowest BCUT2D eigenvalue weighted by molar-refractivity contribution is -0.139. The van der Waals surface area contributed by atoms with Crippen molar-refractivity contribution in [2.45, 2.75) is 36.9 Å². The molecule has 1 atom stereocenters. The van der Waals surface area contributed by atoms with Crippen LogP contribution in [0.5, 0.6) is 5.75 Å². The molecule has 0 amide bonds. The van der Waals surface area contributed by atoms with Gasteiger partial charge in [-0.15, -0.1) is 0 Å². The average Bonchev–Trinajstić information content (AvgIpc) is 2.45. The number of rotatable bonds is 7. The maximum atomic E-state index is 12.8. The van der Waals surface area contributed by atoms with Crippen LogP contribution < -0.4 is 9.46 Å². The Morgan fingerprint density at radius 2 is 1.96 bits per heavy atom. The lowest BCUT2D eigenvalue weighted by Gasteiger charge is -2.16. The Balaban J connectivity index is 3.29. The Labute approximate surface area is 131 Å². The van der Waals surface area contributed by atoms with Gasteiger partial charge in [-0.3, -0.25) is 4.79 Å². The first-order chi connectivity index (χ1) is 10.5. The lowest BCUT2D eigenvalue weighted by Crippen LogP contribution is -2.40. The monoisotopic (exact) mass is 355 g/mol. The molecule has 0 saturated heterocycles. The molecule has 0 fully saturated rings. The number of alkyl halides is 3. The minimum absolute atomic E-state index is 0.00462. The highest BCUT2D eigenvalue weighted by Gasteiger charge is 2.33. The molecule has 0 spiro atoms. The normalized spacial score (nSPS) is 13.6. The summed E-state index contributed by atoms with van der Waals surface area (Å²) in [5.41, 5.74) is -1.21. The zero-order valence-corrected chi connectivity index (χ0v) is 13.2. The number of methoxy groups -OCH3 is 1. The summed E-state index contributed by atoms with van der Waals surface area (Å²) in [6, 6.07) is 0.545. The third kappa shape index (κ3) is 5.10. The Morgan fingerprint density at radius 3 is 2.39 bits per heavy atom. The van der Waals surface area contributed by atoms with Gasteiger partial charge in [0, 0.05) is 6.07 Å². The van der Waals surface area contributed by atoms with E-state index in [1.54, 1.807) is 6.92 Å². The molecule has 0 aliphatic heterocycles. The van der Waals surface area contributed by atoms with Crippen LogP contribution in [0.3, 0.4) is 0 Å². The Bertz CT molecular complexity index is 673. The van der Waals surface area contributed by atoms with Crippen LogP contribution in [0.15, 0.2) is 23.1 Å². The van der Waals surface area contributed by atoms with Crippen molar-refractivity contribution in [3.8, 4) is 5.75 Å². The molecular formula is C13H16F3NO5S. The van der Waals surface area contributed by atoms with Crippen molar-refractivity contribution in [1.29, 1.82) is 0 Å². The van der Waals surface area contributed by atoms with Crippen molar-refractivity contribution < 1.29 is 36.2 Å². The van der Waals surface area contributed by atoms with E-state index in [9.17, 15) is 26.4 Å². The predicted molar refractivity (Wildman–Crippen MR) is 74.6 cm³/mol. The Hall–Kier alpha value is -1.81. The van der Waals surface area contributed by atoms with E-state index in [4.69, 9.17) is 5.11 Å². The molecule has 130 valence electrons. The highest BCUT2D eigenvalue weighted by molar-refractivity contribution is 7.89. The fourth-order valence-electron chi connectivity index (χ4n) is 1.79. The fourth-order valence-corrected chi connectivity index (χ4v) is 3.07. The number of carboxylic acid groups (broad SMARTS) is 1. The standard InChI is InChI=1S/C13H16F3NO5S/c1-3-4-11(12(18)19)17-23(20,21)10-6-8(13(14,15)16)5-9(7-10)22-2/h5-7,11,17H,3-4H2,1-2H3,(H,18,19). The van der Waals surface area contributed by atoms with E-state index in [0.717, 1.165) is 13.2 Å². The second-order valence-corrected chi connectivity index (χ2v) is 6.41. The van der Waals surface area contributed by atoms with Gasteiger partial charge in [0.05, 0.1) is 17.6 Å². The van der Waals surface area contributed by atoms with E-state index in [1.165, 1.54) is 0 Å². The van der Waals surface area contributed by atoms with Gasteiger partial charge in [0.1, 0.15) is 11.8 Å². The van der Waals surface area contributed by atoms with E-state index in [2.05, 4.69) is 4.74 Å². The molecule has 2 N–H and O–H groups in total. The second-order valence-electron chi connectivity index (χ2n) is 4.70. The van der Waals surface area contributed by atoms with Crippen molar-refractivity contribution in [1.82, 2.24) is 4.72 Å². The number of sulfonamides is 1. The number of nitrogens with one attached hydrogen (secondary N) is 1. The van der Waals surface area contributed by atoms with Crippen LogP contribution in [0.2, 0.25) is 0 Å². The molecule has 10 heteroatoms. The predicted octanol–water partition coefficient (Wildman–Crippen LogP) is 2.25. The molecule has 0 radical (unpaired) electrons. The summed E-state index contributed by atoms with van der Waals surface area (Å²) in [7, 11) is -3.36. The van der Waals surface area contributed by atoms with Gasteiger partial charge >= 0.3 is 12.1 Å². The van der Waals surface area contributed by atoms with Crippen LogP contribution in [0.1, 0.15) is 25.3 Å². The van der Waals surface area contributed by atoms with Gasteiger partial charge in [-0.1, -0.05) is 13.3 Å². The molecule has 6 nitrogen and oxygen atoms in total. The zero-order valence-electron chi connectivity index (χ0n) is 12.3. The molecule has 0 saturated carbocycles. The lowest BCUT2D eigenvalue weighted by atomic mass is 10.2. The van der Waals surface area contributed by atoms with Gasteiger partial charge in [0.15, 0.2) is 0 Å². The molecular weight excluding hydrogens is 339 g/mol. The molecule has 0 aliphatic rings. The quantitative estimate of drug-likeness (QED) is 0.783. The van der Waals surface area contributed by atoms with Gasteiger partial charge < -0.3 is 9.84 Å². The first-order valence-corrected chi connectivity index (χ1v) is 8.01. The Morgan fingerprint density at radius 1 is 1.35 bits per heavy atom. The van der Waals surface area contributed by atoms with Gasteiger partial charge in [-0.25, -0.2) is 8.42 Å². The molecule has 1 aromatic rings. The van der Waals surface area contributed by atoms with E-state index in [-0.39, 0.29) is 12.2 Å². The molecule has 1 unspecified atom stereocenters. The number of benzene rings is 1. The molecule has 23 heavy (non-hydrogen) atoms. The number of halogens is 3. The third-order valence-electron chi connectivity index (χ3n) is 2.93. The van der Waals surface area contributed by atoms with E-state index in [0.29, 0.717) is 18.6 Å². The first kappa shape index (κ1) is 19.2. The van der Waals surface area contributed by atoms with E-state index in [1.807, 2.05) is 4.72 Å². The number of aliphatic carboxylic acids is 1. The number of carboxylic acids is 1. The minimum Gasteiger partial charge on any atom is -0.497 e. The van der Waals surface area contributed by atoms with Crippen LogP contribution >= 0.6 is 0 Å². The summed E-state index contributed by atoms with van der Waals surface area (Å²) in [5.74, 6) is -1.71. The van der Waals surface area contributed by atoms with Crippen LogP contribution in [0, 0.1) is 0 Å². The topological polar surface area (TPSA) is 92.7 Å². The van der Waals surface area contributed by atoms with Crippen molar-refractivity contribution in [3.05, 3.63) is 23.8 Å². The highest BCUT2D eigenvalue weighted by Crippen LogP contribution is 2.33. The first-order valence-electron chi connectivity index (χ1n) is 6.52. The van der Waals surface area contributed by atoms with Gasteiger partial charge in [-0.2, -0.15) is 17.9 Å². The molecule has 1 rings (SSSR count). The third-order valence-corrected chi connectivity index (χ3v) is 4.38. The van der Waals surface area contributed by atoms with Crippen LogP contribution in [0.25, 0.3) is 0 Å². The number of ether oxygens (including phenoxy) is 1. The summed E-state index contributed by atoms with van der Waals surface area (Å²) < 4.78 is 69.4. The molecule has 0 aromatic heterocycles. The summed E-state index contributed by atoms with van der Waals surface area (Å²) in [6.45, 7) is 1.65. The largest absolute Gasteiger partial charge is 0.497 e. The van der Waals surface area contributed by atoms with Crippen molar-refractivity contribution in [2.24, 2.45) is 0 Å². The van der Waals surface area contributed by atoms with E-state index >= 15 is 0 Å². The van der Waals surface area contributed by atoms with Crippen molar-refractivity contribution in [2.75, 3.05) is 7.11 Å². The van der Waals surface area contributed by atoms with Crippen LogP contribution in [0.4, 0.5) is 13.2 Å². The molecule has 0 aliphatic carbocycles. The SMILES string of the molecule is CCCC(NS(=O)(=O)c1cc(OC)cc(C(F)(F)F)c1)C(=O)O. The summed E-state index contributed by atoms with van der Waals surface area (Å²) in [5, 5.41) is 8.97. The average molecular weight is 355 g/mol. The van der Waals surface area contributed by atoms with E-state index < -0.39 is 38.7 Å². The van der Waals surface area contributed by atoms with Crippen molar-refractivity contribution in [3.63, 3.8) is 0 Å².